The van der Waals surface area contributed by atoms with Crippen molar-refractivity contribution in [2.24, 2.45) is 0 Å². The minimum atomic E-state index is -0.0949. The van der Waals surface area contributed by atoms with Gasteiger partial charge in [-0.05, 0) is 24.6 Å². The number of benzene rings is 1. The Morgan fingerprint density at radius 1 is 1.33 bits per heavy atom. The van der Waals surface area contributed by atoms with Gasteiger partial charge in [0.15, 0.2) is 0 Å². The van der Waals surface area contributed by atoms with Crippen LogP contribution in [0.4, 0.5) is 5.69 Å². The van der Waals surface area contributed by atoms with Gasteiger partial charge in [0.2, 0.25) is 0 Å². The lowest BCUT2D eigenvalue weighted by molar-refractivity contribution is 0.570. The Bertz CT molecular complexity index is 622. The van der Waals surface area contributed by atoms with Crippen LogP contribution in [-0.2, 0) is 6.54 Å². The predicted molar refractivity (Wildman–Crippen MR) is 73.6 cm³/mol. The first kappa shape index (κ1) is 12.6. The third-order valence-corrected chi connectivity index (χ3v) is 2.94. The van der Waals surface area contributed by atoms with Crippen LogP contribution in [0.5, 0.6) is 0 Å². The molecule has 0 unspecified atom stereocenters. The highest BCUT2D eigenvalue weighted by molar-refractivity contribution is 6.33. The number of anilines is 1. The van der Waals surface area contributed by atoms with Crippen molar-refractivity contribution in [2.75, 3.05) is 5.73 Å². The number of aryl methyl sites for hydroxylation is 1. The van der Waals surface area contributed by atoms with Crippen LogP contribution in [0.2, 0.25) is 5.02 Å². The van der Waals surface area contributed by atoms with Gasteiger partial charge < -0.3 is 5.73 Å². The Kier molecular flexibility index (Phi) is 3.67. The summed E-state index contributed by atoms with van der Waals surface area (Å²) in [6.45, 7) is 2.61. The van der Waals surface area contributed by atoms with Gasteiger partial charge in [-0.3, -0.25) is 4.79 Å². The number of nitrogens with zero attached hydrogens (tertiary/aromatic N) is 2. The number of halogens is 1. The molecule has 0 aliphatic carbocycles. The second kappa shape index (κ2) is 5.23. The monoisotopic (exact) mass is 263 g/mol. The summed E-state index contributed by atoms with van der Waals surface area (Å²) in [6.07, 6.45) is 0.860. The van der Waals surface area contributed by atoms with Crippen molar-refractivity contribution in [3.8, 4) is 11.3 Å². The Hall–Kier alpha value is -1.81. The van der Waals surface area contributed by atoms with E-state index in [2.05, 4.69) is 5.10 Å². The zero-order chi connectivity index (χ0) is 13.1. The molecule has 0 fully saturated rings. The van der Waals surface area contributed by atoms with Crippen molar-refractivity contribution in [2.45, 2.75) is 19.9 Å². The zero-order valence-electron chi connectivity index (χ0n) is 10.1. The van der Waals surface area contributed by atoms with Crippen LogP contribution in [0.25, 0.3) is 11.3 Å². The molecule has 0 radical (unpaired) electrons. The van der Waals surface area contributed by atoms with Crippen LogP contribution in [0.15, 0.2) is 35.1 Å². The van der Waals surface area contributed by atoms with Gasteiger partial charge in [-0.1, -0.05) is 24.6 Å². The van der Waals surface area contributed by atoms with E-state index in [9.17, 15) is 4.79 Å². The third kappa shape index (κ3) is 2.54. The first-order valence-electron chi connectivity index (χ1n) is 5.75. The minimum absolute atomic E-state index is 0.0949. The maximum absolute atomic E-state index is 11.6. The lowest BCUT2D eigenvalue weighted by Gasteiger charge is -2.07. The summed E-state index contributed by atoms with van der Waals surface area (Å²) in [4.78, 5) is 11.6. The van der Waals surface area contributed by atoms with Gasteiger partial charge in [0, 0.05) is 18.2 Å². The van der Waals surface area contributed by atoms with Crippen molar-refractivity contribution in [1.82, 2.24) is 9.78 Å². The number of nitrogens with two attached hydrogens (primary N) is 1. The quantitative estimate of drug-likeness (QED) is 0.866. The summed E-state index contributed by atoms with van der Waals surface area (Å²) in [6, 6.07) is 8.52. The maximum atomic E-state index is 11.6. The van der Waals surface area contributed by atoms with Crippen molar-refractivity contribution >= 4 is 17.3 Å². The van der Waals surface area contributed by atoms with E-state index in [1.54, 1.807) is 18.2 Å². The van der Waals surface area contributed by atoms with Crippen LogP contribution < -0.4 is 11.3 Å². The fourth-order valence-electron chi connectivity index (χ4n) is 1.68. The molecule has 0 aliphatic heterocycles. The van der Waals surface area contributed by atoms with Crippen LogP contribution >= 0.6 is 11.6 Å². The normalized spacial score (nSPS) is 10.6. The van der Waals surface area contributed by atoms with E-state index in [1.165, 1.54) is 10.7 Å². The number of rotatable bonds is 3. The Balaban J connectivity index is 2.47. The highest BCUT2D eigenvalue weighted by Crippen LogP contribution is 2.24. The van der Waals surface area contributed by atoms with Gasteiger partial charge in [-0.2, -0.15) is 5.10 Å². The van der Waals surface area contributed by atoms with Crippen LogP contribution in [-0.4, -0.2) is 9.78 Å². The minimum Gasteiger partial charge on any atom is -0.398 e. The SMILES string of the molecule is CCCn1nc(-c2ccc(Cl)c(N)c2)ccc1=O. The number of aromatic nitrogens is 2. The van der Waals surface area contributed by atoms with E-state index in [0.29, 0.717) is 22.9 Å². The van der Waals surface area contributed by atoms with Crippen molar-refractivity contribution in [3.05, 3.63) is 45.7 Å². The van der Waals surface area contributed by atoms with Gasteiger partial charge in [0.05, 0.1) is 16.4 Å². The molecule has 0 saturated heterocycles. The van der Waals surface area contributed by atoms with E-state index < -0.39 is 0 Å². The van der Waals surface area contributed by atoms with E-state index in [1.807, 2.05) is 13.0 Å². The number of hydrogen-bond acceptors (Lipinski definition) is 3. The summed E-state index contributed by atoms with van der Waals surface area (Å²) >= 11 is 5.87. The molecular weight excluding hydrogens is 250 g/mol. The number of hydrogen-bond donors (Lipinski definition) is 1. The molecule has 2 rings (SSSR count). The molecule has 1 aromatic carbocycles. The van der Waals surface area contributed by atoms with Crippen molar-refractivity contribution < 1.29 is 0 Å². The molecule has 5 heteroatoms. The predicted octanol–water partition coefficient (Wildman–Crippen LogP) is 2.56. The van der Waals surface area contributed by atoms with Crippen LogP contribution in [0, 0.1) is 0 Å². The summed E-state index contributed by atoms with van der Waals surface area (Å²) in [7, 11) is 0. The average Bonchev–Trinajstić information content (AvgIpc) is 2.36. The first-order chi connectivity index (χ1) is 8.61. The Morgan fingerprint density at radius 3 is 2.78 bits per heavy atom. The lowest BCUT2D eigenvalue weighted by Crippen LogP contribution is -2.21. The second-order valence-corrected chi connectivity index (χ2v) is 4.42. The molecule has 0 bridgehead atoms. The molecule has 0 spiro atoms. The fraction of sp³-hybridized carbons (Fsp3) is 0.231. The van der Waals surface area contributed by atoms with Crippen LogP contribution in [0.1, 0.15) is 13.3 Å². The molecule has 2 N–H and O–H groups in total. The van der Waals surface area contributed by atoms with Gasteiger partial charge in [-0.25, -0.2) is 4.68 Å². The second-order valence-electron chi connectivity index (χ2n) is 4.02. The highest BCUT2D eigenvalue weighted by atomic mass is 35.5. The molecule has 0 aliphatic rings. The first-order valence-corrected chi connectivity index (χ1v) is 6.13. The van der Waals surface area contributed by atoms with Crippen LogP contribution in [0.3, 0.4) is 0 Å². The largest absolute Gasteiger partial charge is 0.398 e. The molecule has 94 valence electrons. The third-order valence-electron chi connectivity index (χ3n) is 2.59. The molecule has 0 amide bonds. The van der Waals surface area contributed by atoms with E-state index in [4.69, 9.17) is 17.3 Å². The van der Waals surface area contributed by atoms with Gasteiger partial charge in [0.1, 0.15) is 0 Å². The summed E-state index contributed by atoms with van der Waals surface area (Å²) < 4.78 is 1.46. The highest BCUT2D eigenvalue weighted by Gasteiger charge is 2.05. The zero-order valence-corrected chi connectivity index (χ0v) is 10.8. The standard InChI is InChI=1S/C13H14ClN3O/c1-2-7-17-13(18)6-5-12(16-17)9-3-4-10(14)11(15)8-9/h3-6,8H,2,7,15H2,1H3. The Morgan fingerprint density at radius 2 is 2.11 bits per heavy atom. The molecule has 18 heavy (non-hydrogen) atoms. The lowest BCUT2D eigenvalue weighted by atomic mass is 10.1. The van der Waals surface area contributed by atoms with Crippen molar-refractivity contribution in [3.63, 3.8) is 0 Å². The fourth-order valence-corrected chi connectivity index (χ4v) is 1.80. The van der Waals surface area contributed by atoms with E-state index >= 15 is 0 Å². The number of nitrogen functional groups attached to an aromatic ring is 1. The summed E-state index contributed by atoms with van der Waals surface area (Å²) in [5.41, 5.74) is 7.73. The van der Waals surface area contributed by atoms with Crippen molar-refractivity contribution in [1.29, 1.82) is 0 Å². The summed E-state index contributed by atoms with van der Waals surface area (Å²) in [5, 5.41) is 4.82. The molecule has 4 nitrogen and oxygen atoms in total. The maximum Gasteiger partial charge on any atom is 0.266 e. The molecule has 0 saturated carbocycles. The molecular formula is C13H14ClN3O. The van der Waals surface area contributed by atoms with E-state index in [-0.39, 0.29) is 5.56 Å². The Labute approximate surface area is 110 Å². The molecule has 0 atom stereocenters. The smallest absolute Gasteiger partial charge is 0.266 e. The van der Waals surface area contributed by atoms with E-state index in [0.717, 1.165) is 12.0 Å². The van der Waals surface area contributed by atoms with Gasteiger partial charge in [0.25, 0.3) is 5.56 Å². The summed E-state index contributed by atoms with van der Waals surface area (Å²) in [5.74, 6) is 0. The van der Waals surface area contributed by atoms with Gasteiger partial charge >= 0.3 is 0 Å². The molecule has 2 aromatic rings. The molecule has 1 aromatic heterocycles. The topological polar surface area (TPSA) is 60.9 Å². The molecule has 1 heterocycles. The average molecular weight is 264 g/mol. The van der Waals surface area contributed by atoms with Gasteiger partial charge in [-0.15, -0.1) is 0 Å².